The Labute approximate surface area is 113 Å². The SMILES string of the molecule is CSC1Sc2ccc(S(=O)(=O)C(F)F)cc2N1C. The molecule has 1 heterocycles. The number of hydrogen-bond donors (Lipinski definition) is 0. The second-order valence-electron chi connectivity index (χ2n) is 3.71. The number of hydrogen-bond acceptors (Lipinski definition) is 5. The number of rotatable bonds is 3. The van der Waals surface area contributed by atoms with E-state index in [4.69, 9.17) is 0 Å². The summed E-state index contributed by atoms with van der Waals surface area (Å²) < 4.78 is 47.9. The summed E-state index contributed by atoms with van der Waals surface area (Å²) in [5.41, 5.74) is 0.682. The van der Waals surface area contributed by atoms with Gasteiger partial charge in [-0.15, -0.1) is 11.8 Å². The Kier molecular flexibility index (Phi) is 3.80. The first-order chi connectivity index (χ1) is 8.37. The highest BCUT2D eigenvalue weighted by Gasteiger charge is 2.31. The van der Waals surface area contributed by atoms with Crippen molar-refractivity contribution in [1.82, 2.24) is 0 Å². The van der Waals surface area contributed by atoms with Crippen LogP contribution in [0.1, 0.15) is 0 Å². The molecule has 0 aromatic heterocycles. The van der Waals surface area contributed by atoms with Crippen LogP contribution < -0.4 is 4.90 Å². The van der Waals surface area contributed by atoms with Gasteiger partial charge in [0.25, 0.3) is 0 Å². The Morgan fingerprint density at radius 1 is 1.44 bits per heavy atom. The van der Waals surface area contributed by atoms with Gasteiger partial charge in [-0.1, -0.05) is 11.8 Å². The molecule has 0 aliphatic carbocycles. The first-order valence-corrected chi connectivity index (χ1v) is 8.67. The average molecular weight is 311 g/mol. The van der Waals surface area contributed by atoms with Crippen molar-refractivity contribution in [3.8, 4) is 0 Å². The largest absolute Gasteiger partial charge is 0.353 e. The summed E-state index contributed by atoms with van der Waals surface area (Å²) in [5, 5.41) is 0. The van der Waals surface area contributed by atoms with Crippen molar-refractivity contribution in [2.75, 3.05) is 18.2 Å². The van der Waals surface area contributed by atoms with Crippen molar-refractivity contribution in [2.24, 2.45) is 0 Å². The number of benzene rings is 1. The molecule has 1 aromatic rings. The topological polar surface area (TPSA) is 37.4 Å². The standard InChI is InChI=1S/C10H11F2NO2S3/c1-13-7-5-6(18(14,15)9(11)12)3-4-8(7)17-10(13)16-2/h3-5,9-10H,1-2H3. The molecule has 1 aliphatic heterocycles. The summed E-state index contributed by atoms with van der Waals surface area (Å²) in [6, 6.07) is 4.14. The fourth-order valence-electron chi connectivity index (χ4n) is 1.66. The Morgan fingerprint density at radius 3 is 2.67 bits per heavy atom. The Balaban J connectivity index is 2.45. The van der Waals surface area contributed by atoms with E-state index in [0.717, 1.165) is 4.90 Å². The van der Waals surface area contributed by atoms with Crippen LogP contribution in [0.4, 0.5) is 14.5 Å². The maximum Gasteiger partial charge on any atom is 0.341 e. The Morgan fingerprint density at radius 2 is 2.11 bits per heavy atom. The molecule has 0 saturated heterocycles. The number of fused-ring (bicyclic) bond motifs is 1. The lowest BCUT2D eigenvalue weighted by atomic mass is 10.3. The third-order valence-corrected chi connectivity index (χ3v) is 6.70. The number of alkyl halides is 2. The molecule has 0 amide bonds. The van der Waals surface area contributed by atoms with Gasteiger partial charge in [-0.25, -0.2) is 8.42 Å². The zero-order valence-corrected chi connectivity index (χ0v) is 12.1. The molecule has 0 N–H and O–H groups in total. The van der Waals surface area contributed by atoms with E-state index in [0.29, 0.717) is 5.69 Å². The summed E-state index contributed by atoms with van der Waals surface area (Å²) in [4.78, 5) is 2.46. The van der Waals surface area contributed by atoms with Crippen LogP contribution in [0.25, 0.3) is 0 Å². The van der Waals surface area contributed by atoms with Crippen LogP contribution in [0, 0.1) is 0 Å². The van der Waals surface area contributed by atoms with Gasteiger partial charge in [0.15, 0.2) is 0 Å². The third kappa shape index (κ3) is 2.21. The summed E-state index contributed by atoms with van der Waals surface area (Å²) in [7, 11) is -2.70. The Bertz CT molecular complexity index is 562. The van der Waals surface area contributed by atoms with Gasteiger partial charge in [0, 0.05) is 11.9 Å². The summed E-state index contributed by atoms with van der Waals surface area (Å²) in [6.07, 6.45) is 1.94. The summed E-state index contributed by atoms with van der Waals surface area (Å²) in [5.74, 6) is -3.38. The zero-order valence-electron chi connectivity index (χ0n) is 9.63. The second kappa shape index (κ2) is 4.90. The number of halogens is 2. The van der Waals surface area contributed by atoms with Crippen molar-refractivity contribution in [3.63, 3.8) is 0 Å². The van der Waals surface area contributed by atoms with E-state index in [-0.39, 0.29) is 9.60 Å². The van der Waals surface area contributed by atoms with Crippen molar-refractivity contribution >= 4 is 39.0 Å². The van der Waals surface area contributed by atoms with Crippen molar-refractivity contribution < 1.29 is 17.2 Å². The van der Waals surface area contributed by atoms with Crippen LogP contribution in [0.2, 0.25) is 0 Å². The van der Waals surface area contributed by atoms with Gasteiger partial charge in [-0.05, 0) is 24.5 Å². The molecule has 2 rings (SSSR count). The van der Waals surface area contributed by atoms with E-state index in [9.17, 15) is 17.2 Å². The molecule has 0 saturated carbocycles. The van der Waals surface area contributed by atoms with Crippen molar-refractivity contribution in [1.29, 1.82) is 0 Å². The first kappa shape index (κ1) is 14.0. The predicted molar refractivity (Wildman–Crippen MR) is 71.2 cm³/mol. The molecule has 100 valence electrons. The highest BCUT2D eigenvalue weighted by molar-refractivity contribution is 8.17. The first-order valence-electron chi connectivity index (χ1n) is 4.96. The molecule has 1 unspecified atom stereocenters. The van der Waals surface area contributed by atoms with Gasteiger partial charge in [0.2, 0.25) is 9.84 Å². The molecular formula is C10H11F2NO2S3. The lowest BCUT2D eigenvalue weighted by Crippen LogP contribution is -2.21. The third-order valence-electron chi connectivity index (χ3n) is 2.62. The van der Waals surface area contributed by atoms with Gasteiger partial charge in [-0.3, -0.25) is 0 Å². The Hall–Kier alpha value is -0.470. The molecule has 0 spiro atoms. The fourth-order valence-corrected chi connectivity index (χ4v) is 4.48. The van der Waals surface area contributed by atoms with E-state index in [1.54, 1.807) is 29.6 Å². The van der Waals surface area contributed by atoms with Gasteiger partial charge in [-0.2, -0.15) is 8.78 Å². The monoisotopic (exact) mass is 311 g/mol. The van der Waals surface area contributed by atoms with Crippen molar-refractivity contribution in [3.05, 3.63) is 18.2 Å². The molecular weight excluding hydrogens is 300 g/mol. The van der Waals surface area contributed by atoms with Crippen LogP contribution in [0.3, 0.4) is 0 Å². The van der Waals surface area contributed by atoms with Crippen LogP contribution in [0.15, 0.2) is 28.0 Å². The number of sulfone groups is 1. The van der Waals surface area contributed by atoms with E-state index in [1.807, 2.05) is 18.2 Å². The minimum absolute atomic E-state index is 0.143. The van der Waals surface area contributed by atoms with Gasteiger partial charge < -0.3 is 4.90 Å². The van der Waals surface area contributed by atoms with Crippen LogP contribution in [-0.2, 0) is 9.84 Å². The molecule has 1 aromatic carbocycles. The lowest BCUT2D eigenvalue weighted by Gasteiger charge is -2.19. The highest BCUT2D eigenvalue weighted by atomic mass is 32.2. The molecule has 8 heteroatoms. The molecule has 3 nitrogen and oxygen atoms in total. The van der Waals surface area contributed by atoms with E-state index in [1.165, 1.54) is 12.1 Å². The van der Waals surface area contributed by atoms with E-state index in [2.05, 4.69) is 0 Å². The quantitative estimate of drug-likeness (QED) is 0.858. The van der Waals surface area contributed by atoms with Crippen LogP contribution >= 0.6 is 23.5 Å². The van der Waals surface area contributed by atoms with Crippen LogP contribution in [-0.4, -0.2) is 32.2 Å². The maximum absolute atomic E-state index is 12.5. The molecule has 0 bridgehead atoms. The van der Waals surface area contributed by atoms with E-state index < -0.39 is 15.6 Å². The van der Waals surface area contributed by atoms with Gasteiger partial charge in [0.1, 0.15) is 4.71 Å². The molecule has 0 fully saturated rings. The lowest BCUT2D eigenvalue weighted by molar-refractivity contribution is 0.234. The fraction of sp³-hybridized carbons (Fsp3) is 0.400. The summed E-state index contributed by atoms with van der Waals surface area (Å²) >= 11 is 3.19. The average Bonchev–Trinajstić information content (AvgIpc) is 2.65. The highest BCUT2D eigenvalue weighted by Crippen LogP contribution is 2.46. The summed E-state index contributed by atoms with van der Waals surface area (Å²) in [6.45, 7) is 0. The van der Waals surface area contributed by atoms with E-state index >= 15 is 0 Å². The number of nitrogens with zero attached hydrogens (tertiary/aromatic N) is 1. The number of thioether (sulfide) groups is 2. The number of anilines is 1. The van der Waals surface area contributed by atoms with Crippen LogP contribution in [0.5, 0.6) is 0 Å². The molecule has 0 radical (unpaired) electrons. The second-order valence-corrected chi connectivity index (χ2v) is 7.96. The normalized spacial score (nSPS) is 19.4. The molecule has 18 heavy (non-hydrogen) atoms. The maximum atomic E-state index is 12.5. The zero-order chi connectivity index (χ0) is 13.5. The molecule has 1 atom stereocenters. The predicted octanol–water partition coefficient (Wildman–Crippen LogP) is 2.87. The minimum Gasteiger partial charge on any atom is -0.353 e. The van der Waals surface area contributed by atoms with Gasteiger partial charge in [0.05, 0.1) is 10.6 Å². The molecule has 1 aliphatic rings. The van der Waals surface area contributed by atoms with Gasteiger partial charge >= 0.3 is 5.76 Å². The van der Waals surface area contributed by atoms with Crippen molar-refractivity contribution in [2.45, 2.75) is 20.3 Å². The minimum atomic E-state index is -4.52. The smallest absolute Gasteiger partial charge is 0.341 e.